The normalized spacial score (nSPS) is 11.5. The third kappa shape index (κ3) is 4.28. The molecule has 2 nitrogen and oxygen atoms in total. The molecule has 2 rings (SSSR count). The third-order valence-corrected chi connectivity index (χ3v) is 4.05. The van der Waals surface area contributed by atoms with Gasteiger partial charge in [-0.05, 0) is 23.8 Å². The van der Waals surface area contributed by atoms with Gasteiger partial charge in [0.25, 0.3) is 0 Å². The van der Waals surface area contributed by atoms with Crippen LogP contribution in [-0.2, 0) is 11.9 Å². The average molecular weight is 333 g/mol. The monoisotopic (exact) mass is 332 g/mol. The quantitative estimate of drug-likeness (QED) is 0.790. The van der Waals surface area contributed by atoms with Crippen LogP contribution in [0, 0.1) is 0 Å². The fraction of sp³-hybridized carbons (Fsp3) is 0.214. The minimum Gasteiger partial charge on any atom is -0.373 e. The summed E-state index contributed by atoms with van der Waals surface area (Å²) in [6.45, 7) is 0. The van der Waals surface area contributed by atoms with E-state index in [2.05, 4.69) is 10.3 Å². The van der Waals surface area contributed by atoms with E-state index in [-0.39, 0.29) is 5.82 Å². The Morgan fingerprint density at radius 3 is 2.57 bits per heavy atom. The lowest BCUT2D eigenvalue weighted by molar-refractivity contribution is -0.137. The predicted molar refractivity (Wildman–Crippen MR) is 79.8 cm³/mol. The molecule has 7 heteroatoms. The molecule has 0 aliphatic rings. The van der Waals surface area contributed by atoms with Gasteiger partial charge in [0.1, 0.15) is 5.82 Å². The van der Waals surface area contributed by atoms with Crippen molar-refractivity contribution in [1.29, 1.82) is 0 Å². The first-order valence-corrected chi connectivity index (χ1v) is 7.40. The molecular weight excluding hydrogens is 321 g/mol. The Kier molecular flexibility index (Phi) is 5.00. The van der Waals surface area contributed by atoms with Crippen LogP contribution in [-0.4, -0.2) is 12.0 Å². The van der Waals surface area contributed by atoms with Crippen molar-refractivity contribution in [2.45, 2.75) is 17.0 Å². The fourth-order valence-electron chi connectivity index (χ4n) is 1.64. The minimum absolute atomic E-state index is 0.187. The SMILES string of the molecule is CNc1cc(C(F)(F)F)cc(SCc2ccccc2Cl)n1. The molecule has 0 atom stereocenters. The topological polar surface area (TPSA) is 24.9 Å². The molecule has 0 unspecified atom stereocenters. The zero-order chi connectivity index (χ0) is 15.5. The van der Waals surface area contributed by atoms with Gasteiger partial charge in [0, 0.05) is 17.8 Å². The van der Waals surface area contributed by atoms with Crippen LogP contribution in [0.1, 0.15) is 11.1 Å². The summed E-state index contributed by atoms with van der Waals surface area (Å²) in [4.78, 5) is 4.12. The van der Waals surface area contributed by atoms with Crippen LogP contribution in [0.5, 0.6) is 0 Å². The van der Waals surface area contributed by atoms with Gasteiger partial charge in [-0.15, -0.1) is 11.8 Å². The molecule has 1 heterocycles. The molecule has 0 bridgehead atoms. The molecule has 0 saturated heterocycles. The van der Waals surface area contributed by atoms with Gasteiger partial charge in [-0.2, -0.15) is 13.2 Å². The highest BCUT2D eigenvalue weighted by atomic mass is 35.5. The number of halogens is 4. The first-order valence-electron chi connectivity index (χ1n) is 6.03. The Bertz CT molecular complexity index is 632. The van der Waals surface area contributed by atoms with Crippen molar-refractivity contribution in [2.24, 2.45) is 0 Å². The number of hydrogen-bond donors (Lipinski definition) is 1. The largest absolute Gasteiger partial charge is 0.416 e. The lowest BCUT2D eigenvalue weighted by Gasteiger charge is -2.11. The molecular formula is C14H12ClF3N2S. The van der Waals surface area contributed by atoms with Gasteiger partial charge in [0.15, 0.2) is 0 Å². The fourth-order valence-corrected chi connectivity index (χ4v) is 2.85. The minimum atomic E-state index is -4.39. The summed E-state index contributed by atoms with van der Waals surface area (Å²) < 4.78 is 38.5. The number of thioether (sulfide) groups is 1. The highest BCUT2D eigenvalue weighted by molar-refractivity contribution is 7.98. The van der Waals surface area contributed by atoms with E-state index in [4.69, 9.17) is 11.6 Å². The van der Waals surface area contributed by atoms with E-state index in [1.165, 1.54) is 18.8 Å². The lowest BCUT2D eigenvalue weighted by Crippen LogP contribution is -2.07. The van der Waals surface area contributed by atoms with Crippen LogP contribution in [0.3, 0.4) is 0 Å². The summed E-state index contributed by atoms with van der Waals surface area (Å²) in [5, 5.41) is 3.53. The van der Waals surface area contributed by atoms with E-state index >= 15 is 0 Å². The van der Waals surface area contributed by atoms with Crippen molar-refractivity contribution in [3.05, 3.63) is 52.5 Å². The summed E-state index contributed by atoms with van der Waals surface area (Å²) in [5.74, 6) is 0.642. The second-order valence-electron chi connectivity index (χ2n) is 4.21. The second-order valence-corrected chi connectivity index (χ2v) is 5.61. The van der Waals surface area contributed by atoms with Crippen LogP contribution in [0.4, 0.5) is 19.0 Å². The van der Waals surface area contributed by atoms with Gasteiger partial charge >= 0.3 is 6.18 Å². The molecule has 0 aliphatic heterocycles. The Balaban J connectivity index is 2.22. The van der Waals surface area contributed by atoms with Crippen molar-refractivity contribution < 1.29 is 13.2 Å². The maximum Gasteiger partial charge on any atom is 0.416 e. The Hall–Kier alpha value is -1.40. The van der Waals surface area contributed by atoms with Gasteiger partial charge < -0.3 is 5.32 Å². The second kappa shape index (κ2) is 6.58. The summed E-state index contributed by atoms with van der Waals surface area (Å²) in [6.07, 6.45) is -4.39. The van der Waals surface area contributed by atoms with Crippen molar-refractivity contribution in [3.63, 3.8) is 0 Å². The number of benzene rings is 1. The van der Waals surface area contributed by atoms with Gasteiger partial charge in [-0.25, -0.2) is 4.98 Å². The molecule has 2 aromatic rings. The highest BCUT2D eigenvalue weighted by Gasteiger charge is 2.31. The average Bonchev–Trinajstić information content (AvgIpc) is 2.45. The lowest BCUT2D eigenvalue weighted by atomic mass is 10.2. The summed E-state index contributed by atoms with van der Waals surface area (Å²) in [5.41, 5.74) is 0.137. The van der Waals surface area contributed by atoms with E-state index in [0.29, 0.717) is 15.8 Å². The highest BCUT2D eigenvalue weighted by Crippen LogP contribution is 2.34. The van der Waals surface area contributed by atoms with Crippen molar-refractivity contribution in [3.8, 4) is 0 Å². The molecule has 0 aliphatic carbocycles. The molecule has 1 N–H and O–H groups in total. The Morgan fingerprint density at radius 1 is 1.24 bits per heavy atom. The van der Waals surface area contributed by atoms with Crippen LogP contribution < -0.4 is 5.32 Å². The Morgan fingerprint density at radius 2 is 1.95 bits per heavy atom. The third-order valence-electron chi connectivity index (χ3n) is 2.72. The molecule has 112 valence electrons. The van der Waals surface area contributed by atoms with Crippen LogP contribution in [0.15, 0.2) is 41.4 Å². The number of nitrogens with zero attached hydrogens (tertiary/aromatic N) is 1. The van der Waals surface area contributed by atoms with Crippen molar-refractivity contribution in [2.75, 3.05) is 12.4 Å². The van der Waals surface area contributed by atoms with Crippen LogP contribution in [0.25, 0.3) is 0 Å². The van der Waals surface area contributed by atoms with Gasteiger partial charge in [0.05, 0.1) is 10.6 Å². The van der Waals surface area contributed by atoms with Gasteiger partial charge in [-0.1, -0.05) is 29.8 Å². The van der Waals surface area contributed by atoms with E-state index in [1.807, 2.05) is 12.1 Å². The van der Waals surface area contributed by atoms with Gasteiger partial charge in [-0.3, -0.25) is 0 Å². The van der Waals surface area contributed by atoms with E-state index in [9.17, 15) is 13.2 Å². The molecule has 0 saturated carbocycles. The molecule has 0 fully saturated rings. The number of rotatable bonds is 4. The summed E-state index contributed by atoms with van der Waals surface area (Å²) >= 11 is 7.24. The predicted octanol–water partition coefficient (Wildman–Crippen LogP) is 5.09. The van der Waals surface area contributed by atoms with Crippen LogP contribution >= 0.6 is 23.4 Å². The van der Waals surface area contributed by atoms with Crippen LogP contribution in [0.2, 0.25) is 5.02 Å². The Labute approximate surface area is 129 Å². The van der Waals surface area contributed by atoms with Crippen molar-refractivity contribution >= 4 is 29.2 Å². The van der Waals surface area contributed by atoms with E-state index < -0.39 is 11.7 Å². The number of pyridine rings is 1. The summed E-state index contributed by atoms with van der Waals surface area (Å²) in [7, 11) is 1.53. The molecule has 1 aromatic heterocycles. The molecule has 0 spiro atoms. The first kappa shape index (κ1) is 16.0. The zero-order valence-corrected chi connectivity index (χ0v) is 12.6. The first-order chi connectivity index (χ1) is 9.90. The zero-order valence-electron chi connectivity index (χ0n) is 11.0. The van der Waals surface area contributed by atoms with E-state index in [0.717, 1.165) is 17.7 Å². The molecule has 1 aromatic carbocycles. The summed E-state index contributed by atoms with van der Waals surface area (Å²) in [6, 6.07) is 9.25. The molecule has 0 amide bonds. The maximum atomic E-state index is 12.8. The van der Waals surface area contributed by atoms with E-state index in [1.54, 1.807) is 12.1 Å². The number of aromatic nitrogens is 1. The van der Waals surface area contributed by atoms with Gasteiger partial charge in [0.2, 0.25) is 0 Å². The molecule has 0 radical (unpaired) electrons. The van der Waals surface area contributed by atoms with Crippen molar-refractivity contribution in [1.82, 2.24) is 4.98 Å². The number of nitrogens with one attached hydrogen (secondary N) is 1. The smallest absolute Gasteiger partial charge is 0.373 e. The number of anilines is 1. The molecule has 21 heavy (non-hydrogen) atoms. The number of alkyl halides is 3. The maximum absolute atomic E-state index is 12.8. The standard InChI is InChI=1S/C14H12ClF3N2S/c1-19-12-6-10(14(16,17)18)7-13(20-12)21-8-9-4-2-3-5-11(9)15/h2-7H,8H2,1H3,(H,19,20). The number of hydrogen-bond acceptors (Lipinski definition) is 3.